The number of H-pyrrole nitrogens is 1. The smallest absolute Gasteiger partial charge is 0.471 e. The molecule has 0 aliphatic carbocycles. The number of nitrogens with one attached hydrogen (secondary N) is 3. The van der Waals surface area contributed by atoms with E-state index in [-0.39, 0.29) is 17.1 Å². The quantitative estimate of drug-likeness (QED) is 0.0776. The van der Waals surface area contributed by atoms with Crippen LogP contribution in [0, 0.1) is 5.92 Å². The number of fused-ring (bicyclic) bond motifs is 1. The number of aromatic amines is 1. The fourth-order valence-corrected chi connectivity index (χ4v) is 8.16. The second-order valence-electron chi connectivity index (χ2n) is 16.6. The highest BCUT2D eigenvalue weighted by Crippen LogP contribution is 2.45. The van der Waals surface area contributed by atoms with Crippen molar-refractivity contribution in [2.75, 3.05) is 26.1 Å². The number of hydrogen-bond donors (Lipinski definition) is 3. The molecule has 2 amide bonds. The molecule has 0 bridgehead atoms. The molecule has 5 aromatic rings. The standard InChI is InChI=1S/C43H51F3N6O8Si/c1-25(2)36(53)50-40-49-35-33(37(54)51-40)47-24-52(35)38-34(60-61(8,9)41(3,4)5)32(48-39(55)43(44,45)46)31(59-38)23-58-42(26-13-11-10-12-14-26,27-15-19-29(56-6)20-16-27)28-17-21-30(57-7)22-18-28/h10-22,24-25,31-32,34,38H,23H2,1-9H3,(H,48,55)(H2,49,50,51,53,54)/t31-,32-,34+,38-/m1/s1. The lowest BCUT2D eigenvalue weighted by atomic mass is 9.80. The lowest BCUT2D eigenvalue weighted by molar-refractivity contribution is -0.175. The first-order valence-electron chi connectivity index (χ1n) is 19.7. The van der Waals surface area contributed by atoms with Crippen molar-refractivity contribution in [1.29, 1.82) is 0 Å². The van der Waals surface area contributed by atoms with Crippen molar-refractivity contribution in [3.8, 4) is 11.5 Å². The number of imidazole rings is 1. The van der Waals surface area contributed by atoms with Gasteiger partial charge in [0, 0.05) is 5.92 Å². The Balaban J connectivity index is 1.54. The van der Waals surface area contributed by atoms with E-state index in [0.29, 0.717) is 28.2 Å². The molecular weight excluding hydrogens is 814 g/mol. The molecule has 6 rings (SSSR count). The van der Waals surface area contributed by atoms with Gasteiger partial charge in [-0.05, 0) is 59.1 Å². The number of aromatic nitrogens is 4. The largest absolute Gasteiger partial charge is 0.497 e. The van der Waals surface area contributed by atoms with Crippen molar-refractivity contribution >= 4 is 37.2 Å². The van der Waals surface area contributed by atoms with E-state index in [1.807, 2.05) is 88.5 Å². The zero-order chi connectivity index (χ0) is 44.5. The first-order valence-corrected chi connectivity index (χ1v) is 22.6. The van der Waals surface area contributed by atoms with E-state index in [0.717, 1.165) is 0 Å². The number of hydrogen-bond acceptors (Lipinski definition) is 10. The average Bonchev–Trinajstić information content (AvgIpc) is 3.78. The normalized spacial score (nSPS) is 18.6. The lowest BCUT2D eigenvalue weighted by Gasteiger charge is -2.41. The second kappa shape index (κ2) is 17.4. The summed E-state index contributed by atoms with van der Waals surface area (Å²) >= 11 is 0. The number of carbonyl (C=O) groups is 2. The molecule has 0 saturated carbocycles. The maximum Gasteiger partial charge on any atom is 0.471 e. The van der Waals surface area contributed by atoms with Crippen LogP contribution in [0.15, 0.2) is 90.0 Å². The summed E-state index contributed by atoms with van der Waals surface area (Å²) in [6.45, 7) is 12.6. The van der Waals surface area contributed by atoms with Crippen LogP contribution in [0.2, 0.25) is 18.1 Å². The number of rotatable bonds is 14. The van der Waals surface area contributed by atoms with E-state index >= 15 is 0 Å². The predicted molar refractivity (Wildman–Crippen MR) is 224 cm³/mol. The molecule has 3 heterocycles. The van der Waals surface area contributed by atoms with Gasteiger partial charge in [-0.25, -0.2) is 4.98 Å². The van der Waals surface area contributed by atoms with Crippen LogP contribution in [-0.2, 0) is 29.1 Å². The van der Waals surface area contributed by atoms with Gasteiger partial charge >= 0.3 is 12.1 Å². The van der Waals surface area contributed by atoms with Crippen LogP contribution in [0.3, 0.4) is 0 Å². The third-order valence-electron chi connectivity index (χ3n) is 11.3. The molecule has 1 aliphatic heterocycles. The molecule has 4 atom stereocenters. The fraction of sp³-hybridized carbons (Fsp3) is 0.419. The summed E-state index contributed by atoms with van der Waals surface area (Å²) in [4.78, 5) is 50.2. The molecule has 1 aliphatic rings. The van der Waals surface area contributed by atoms with Gasteiger partial charge in [0.2, 0.25) is 11.9 Å². The summed E-state index contributed by atoms with van der Waals surface area (Å²) in [5, 5.41) is 4.31. The molecule has 14 nitrogen and oxygen atoms in total. The minimum absolute atomic E-state index is 0.0470. The number of halogens is 3. The van der Waals surface area contributed by atoms with Gasteiger partial charge < -0.3 is 28.7 Å². The zero-order valence-electron chi connectivity index (χ0n) is 35.4. The zero-order valence-corrected chi connectivity index (χ0v) is 36.4. The van der Waals surface area contributed by atoms with Gasteiger partial charge in [-0.15, -0.1) is 0 Å². The van der Waals surface area contributed by atoms with E-state index in [4.69, 9.17) is 23.4 Å². The number of methoxy groups -OCH3 is 2. The van der Waals surface area contributed by atoms with Gasteiger partial charge in [0.1, 0.15) is 29.3 Å². The van der Waals surface area contributed by atoms with E-state index in [1.54, 1.807) is 52.3 Å². The number of anilines is 1. The van der Waals surface area contributed by atoms with Gasteiger partial charge in [-0.2, -0.15) is 18.2 Å². The van der Waals surface area contributed by atoms with Crippen LogP contribution in [0.1, 0.15) is 57.5 Å². The molecule has 3 N–H and O–H groups in total. The summed E-state index contributed by atoms with van der Waals surface area (Å²) in [6.07, 6.45) is -7.94. The lowest BCUT2D eigenvalue weighted by Crippen LogP contribution is -2.56. The van der Waals surface area contributed by atoms with Crippen molar-refractivity contribution in [2.45, 2.75) is 89.0 Å². The van der Waals surface area contributed by atoms with Crippen molar-refractivity contribution in [1.82, 2.24) is 24.8 Å². The number of amides is 2. The van der Waals surface area contributed by atoms with Crippen LogP contribution in [0.25, 0.3) is 11.2 Å². The first-order chi connectivity index (χ1) is 28.7. The highest BCUT2D eigenvalue weighted by atomic mass is 28.4. The molecule has 0 radical (unpaired) electrons. The summed E-state index contributed by atoms with van der Waals surface area (Å²) in [7, 11) is 0.180. The van der Waals surface area contributed by atoms with Crippen LogP contribution in [-0.4, -0.2) is 84.9 Å². The number of ether oxygens (including phenoxy) is 4. The van der Waals surface area contributed by atoms with Gasteiger partial charge in [0.25, 0.3) is 5.56 Å². The number of carbonyl (C=O) groups excluding carboxylic acids is 2. The second-order valence-corrected chi connectivity index (χ2v) is 21.4. The Morgan fingerprint density at radius 3 is 1.97 bits per heavy atom. The fourth-order valence-electron chi connectivity index (χ4n) is 6.87. The first kappa shape index (κ1) is 45.0. The summed E-state index contributed by atoms with van der Waals surface area (Å²) < 4.78 is 75.8. The molecule has 18 heteroatoms. The van der Waals surface area contributed by atoms with E-state index in [2.05, 4.69) is 25.6 Å². The van der Waals surface area contributed by atoms with Crippen LogP contribution in [0.4, 0.5) is 19.1 Å². The Kier molecular flexibility index (Phi) is 12.9. The topological polar surface area (TPSA) is 168 Å². The molecular formula is C43H51F3N6O8Si. The van der Waals surface area contributed by atoms with Crippen LogP contribution in [0.5, 0.6) is 11.5 Å². The van der Waals surface area contributed by atoms with Gasteiger partial charge in [0.05, 0.1) is 33.2 Å². The van der Waals surface area contributed by atoms with Crippen LogP contribution >= 0.6 is 0 Å². The van der Waals surface area contributed by atoms with E-state index in [1.165, 1.54) is 10.9 Å². The Morgan fingerprint density at radius 1 is 0.902 bits per heavy atom. The summed E-state index contributed by atoms with van der Waals surface area (Å²) in [5.74, 6) is -2.10. The Labute approximate surface area is 352 Å². The average molecular weight is 865 g/mol. The highest BCUT2D eigenvalue weighted by Gasteiger charge is 2.54. The van der Waals surface area contributed by atoms with Crippen LogP contribution < -0.4 is 25.7 Å². The highest BCUT2D eigenvalue weighted by molar-refractivity contribution is 6.74. The third-order valence-corrected chi connectivity index (χ3v) is 15.7. The molecule has 1 fully saturated rings. The molecule has 0 unspecified atom stereocenters. The number of alkyl halides is 3. The molecule has 2 aromatic heterocycles. The van der Waals surface area contributed by atoms with Gasteiger partial charge in [-0.1, -0.05) is 89.2 Å². The van der Waals surface area contributed by atoms with E-state index < -0.39 is 79.5 Å². The van der Waals surface area contributed by atoms with E-state index in [9.17, 15) is 27.6 Å². The Morgan fingerprint density at radius 2 is 1.46 bits per heavy atom. The van der Waals surface area contributed by atoms with Crippen molar-refractivity contribution < 1.29 is 46.1 Å². The van der Waals surface area contributed by atoms with Gasteiger partial charge in [0.15, 0.2) is 25.7 Å². The summed E-state index contributed by atoms with van der Waals surface area (Å²) in [5.41, 5.74) is -0.325. The summed E-state index contributed by atoms with van der Waals surface area (Å²) in [6, 6.07) is 22.2. The molecule has 0 spiro atoms. The maximum atomic E-state index is 14.2. The maximum absolute atomic E-state index is 14.2. The molecule has 1 saturated heterocycles. The molecule has 61 heavy (non-hydrogen) atoms. The predicted octanol–water partition coefficient (Wildman–Crippen LogP) is 7.07. The molecule has 326 valence electrons. The van der Waals surface area contributed by atoms with Crippen molar-refractivity contribution in [3.63, 3.8) is 0 Å². The van der Waals surface area contributed by atoms with Crippen molar-refractivity contribution in [3.05, 3.63) is 112 Å². The molecule has 3 aromatic carbocycles. The Hall–Kier alpha value is -5.56. The van der Waals surface area contributed by atoms with Gasteiger partial charge in [-0.3, -0.25) is 29.3 Å². The SMILES string of the molecule is COc1ccc(C(OC[C@H]2O[C@@H](n3cnc4c(=O)[nH]c(NC(=O)C(C)C)nc43)[C@@H](O[Si](C)(C)C(C)(C)C)[C@@H]2NC(=O)C(F)(F)F)(c2ccccc2)c2ccc(OC)cc2)cc1. The Bertz CT molecular complexity index is 2330. The minimum atomic E-state index is -5.27. The number of benzene rings is 3. The monoisotopic (exact) mass is 864 g/mol. The number of nitrogens with zero attached hydrogens (tertiary/aromatic N) is 3. The minimum Gasteiger partial charge on any atom is -0.497 e. The third kappa shape index (κ3) is 9.22. The van der Waals surface area contributed by atoms with Crippen molar-refractivity contribution in [2.24, 2.45) is 5.92 Å².